The summed E-state index contributed by atoms with van der Waals surface area (Å²) in [5.41, 5.74) is 5.58. The van der Waals surface area contributed by atoms with Crippen molar-refractivity contribution in [2.45, 2.75) is 6.61 Å². The highest BCUT2D eigenvalue weighted by molar-refractivity contribution is 5.90. The van der Waals surface area contributed by atoms with Crippen molar-refractivity contribution < 1.29 is 9.90 Å². The van der Waals surface area contributed by atoms with Crippen molar-refractivity contribution in [3.63, 3.8) is 0 Å². The van der Waals surface area contributed by atoms with Crippen LogP contribution in [-0.2, 0) is 6.61 Å². The van der Waals surface area contributed by atoms with Crippen molar-refractivity contribution in [3.05, 3.63) is 29.6 Å². The summed E-state index contributed by atoms with van der Waals surface area (Å²) in [6.07, 6.45) is 0. The first kappa shape index (κ1) is 7.68. The number of rotatable bonds is 2. The molecule has 0 aromatic carbocycles. The van der Waals surface area contributed by atoms with Gasteiger partial charge in [0.05, 0.1) is 12.3 Å². The number of nitrogens with zero attached hydrogens (tertiary/aromatic N) is 1. The molecule has 0 spiro atoms. The van der Waals surface area contributed by atoms with Gasteiger partial charge in [-0.05, 0) is 12.1 Å². The molecule has 11 heavy (non-hydrogen) atoms. The third kappa shape index (κ3) is 1.75. The van der Waals surface area contributed by atoms with Crippen LogP contribution in [0.4, 0.5) is 0 Å². The quantitative estimate of drug-likeness (QED) is 0.609. The van der Waals surface area contributed by atoms with E-state index in [1.54, 1.807) is 12.1 Å². The number of hydrogen-bond donors (Lipinski definition) is 2. The molecular formula is C7H8N2O2. The lowest BCUT2D eigenvalue weighted by atomic mass is 10.3. The van der Waals surface area contributed by atoms with Gasteiger partial charge in [-0.15, -0.1) is 0 Å². The molecule has 1 aromatic rings. The SMILES string of the molecule is NC(=O)c1cccc(CO)n1. The number of carbonyl (C=O) groups excluding carboxylic acids is 1. The van der Waals surface area contributed by atoms with Crippen molar-refractivity contribution in [1.82, 2.24) is 4.98 Å². The van der Waals surface area contributed by atoms with Crippen LogP contribution in [0.5, 0.6) is 0 Å². The van der Waals surface area contributed by atoms with E-state index < -0.39 is 5.91 Å². The van der Waals surface area contributed by atoms with Gasteiger partial charge < -0.3 is 10.8 Å². The number of hydrogen-bond acceptors (Lipinski definition) is 3. The van der Waals surface area contributed by atoms with Crippen molar-refractivity contribution >= 4 is 5.91 Å². The number of primary amides is 1. The first-order chi connectivity index (χ1) is 5.24. The zero-order valence-corrected chi connectivity index (χ0v) is 5.82. The van der Waals surface area contributed by atoms with Gasteiger partial charge in [0.2, 0.25) is 0 Å². The summed E-state index contributed by atoms with van der Waals surface area (Å²) in [5, 5.41) is 8.63. The molecule has 1 heterocycles. The van der Waals surface area contributed by atoms with Gasteiger partial charge in [0.1, 0.15) is 5.69 Å². The van der Waals surface area contributed by atoms with Crippen molar-refractivity contribution in [3.8, 4) is 0 Å². The molecule has 58 valence electrons. The van der Waals surface area contributed by atoms with Crippen molar-refractivity contribution in [2.24, 2.45) is 5.73 Å². The van der Waals surface area contributed by atoms with Gasteiger partial charge >= 0.3 is 0 Å². The topological polar surface area (TPSA) is 76.2 Å². The van der Waals surface area contributed by atoms with Crippen LogP contribution >= 0.6 is 0 Å². The second-order valence-electron chi connectivity index (χ2n) is 2.04. The van der Waals surface area contributed by atoms with Crippen molar-refractivity contribution in [2.75, 3.05) is 0 Å². The van der Waals surface area contributed by atoms with E-state index in [9.17, 15) is 4.79 Å². The van der Waals surface area contributed by atoms with Gasteiger partial charge in [-0.1, -0.05) is 6.07 Å². The highest BCUT2D eigenvalue weighted by Gasteiger charge is 2.00. The monoisotopic (exact) mass is 152 g/mol. The second kappa shape index (κ2) is 3.12. The zero-order chi connectivity index (χ0) is 8.27. The third-order valence-corrected chi connectivity index (χ3v) is 1.22. The number of pyridine rings is 1. The number of aliphatic hydroxyl groups excluding tert-OH is 1. The Morgan fingerprint density at radius 1 is 1.64 bits per heavy atom. The van der Waals surface area contributed by atoms with Crippen LogP contribution < -0.4 is 5.73 Å². The Hall–Kier alpha value is -1.42. The highest BCUT2D eigenvalue weighted by Crippen LogP contribution is 1.97. The van der Waals surface area contributed by atoms with Gasteiger partial charge in [0, 0.05) is 0 Å². The van der Waals surface area contributed by atoms with Gasteiger partial charge in [0.25, 0.3) is 5.91 Å². The molecule has 1 aromatic heterocycles. The summed E-state index contributed by atoms with van der Waals surface area (Å²) in [6, 6.07) is 4.74. The van der Waals surface area contributed by atoms with Gasteiger partial charge in [-0.2, -0.15) is 0 Å². The van der Waals surface area contributed by atoms with Crippen molar-refractivity contribution in [1.29, 1.82) is 0 Å². The molecule has 3 N–H and O–H groups in total. The summed E-state index contributed by atoms with van der Waals surface area (Å²) < 4.78 is 0. The predicted molar refractivity (Wildman–Crippen MR) is 38.7 cm³/mol. The molecule has 0 atom stereocenters. The number of carbonyl (C=O) groups is 1. The molecule has 1 rings (SSSR count). The molecule has 4 nitrogen and oxygen atoms in total. The minimum absolute atomic E-state index is 0.177. The molecular weight excluding hydrogens is 144 g/mol. The molecule has 0 aliphatic heterocycles. The van der Waals surface area contributed by atoms with E-state index >= 15 is 0 Å². The van der Waals surface area contributed by atoms with Crippen LogP contribution in [0.3, 0.4) is 0 Å². The normalized spacial score (nSPS) is 9.55. The van der Waals surface area contributed by atoms with Crippen LogP contribution in [-0.4, -0.2) is 16.0 Å². The van der Waals surface area contributed by atoms with Crippen LogP contribution in [0.1, 0.15) is 16.2 Å². The summed E-state index contributed by atoms with van der Waals surface area (Å²) in [4.78, 5) is 14.3. The number of amides is 1. The summed E-state index contributed by atoms with van der Waals surface area (Å²) in [6.45, 7) is -0.179. The minimum Gasteiger partial charge on any atom is -0.390 e. The zero-order valence-electron chi connectivity index (χ0n) is 5.82. The van der Waals surface area contributed by atoms with Gasteiger partial charge in [0.15, 0.2) is 0 Å². The van der Waals surface area contributed by atoms with E-state index in [0.29, 0.717) is 5.69 Å². The minimum atomic E-state index is -0.583. The maximum Gasteiger partial charge on any atom is 0.267 e. The molecule has 0 radical (unpaired) electrons. The molecule has 0 unspecified atom stereocenters. The summed E-state index contributed by atoms with van der Waals surface area (Å²) in [7, 11) is 0. The number of aromatic nitrogens is 1. The second-order valence-corrected chi connectivity index (χ2v) is 2.04. The number of nitrogens with two attached hydrogens (primary N) is 1. The van der Waals surface area contributed by atoms with E-state index in [4.69, 9.17) is 10.8 Å². The average Bonchev–Trinajstić information content (AvgIpc) is 2.05. The van der Waals surface area contributed by atoms with E-state index in [1.165, 1.54) is 6.07 Å². The fourth-order valence-corrected chi connectivity index (χ4v) is 0.705. The van der Waals surface area contributed by atoms with E-state index in [-0.39, 0.29) is 12.3 Å². The van der Waals surface area contributed by atoms with E-state index in [2.05, 4.69) is 4.98 Å². The lowest BCUT2D eigenvalue weighted by Gasteiger charge is -1.96. The van der Waals surface area contributed by atoms with Gasteiger partial charge in [-0.3, -0.25) is 4.79 Å². The fourth-order valence-electron chi connectivity index (χ4n) is 0.705. The molecule has 0 fully saturated rings. The van der Waals surface area contributed by atoms with Crippen LogP contribution in [0.2, 0.25) is 0 Å². The Kier molecular flexibility index (Phi) is 2.18. The van der Waals surface area contributed by atoms with Crippen LogP contribution in [0.15, 0.2) is 18.2 Å². The van der Waals surface area contributed by atoms with E-state index in [1.807, 2.05) is 0 Å². The Morgan fingerprint density at radius 3 is 2.91 bits per heavy atom. The Bertz CT molecular complexity index is 273. The molecule has 0 saturated heterocycles. The summed E-state index contributed by atoms with van der Waals surface area (Å²) in [5.74, 6) is -0.583. The lowest BCUT2D eigenvalue weighted by molar-refractivity contribution is 0.0995. The fraction of sp³-hybridized carbons (Fsp3) is 0.143. The highest BCUT2D eigenvalue weighted by atomic mass is 16.3. The van der Waals surface area contributed by atoms with E-state index in [0.717, 1.165) is 0 Å². The molecule has 0 aliphatic rings. The molecule has 1 amide bonds. The molecule has 4 heteroatoms. The Balaban J connectivity index is 3.01. The number of aliphatic hydroxyl groups is 1. The smallest absolute Gasteiger partial charge is 0.267 e. The average molecular weight is 152 g/mol. The molecule has 0 bridgehead atoms. The first-order valence-electron chi connectivity index (χ1n) is 3.10. The summed E-state index contributed by atoms with van der Waals surface area (Å²) >= 11 is 0. The molecule has 0 saturated carbocycles. The first-order valence-corrected chi connectivity index (χ1v) is 3.10. The predicted octanol–water partition coefficient (Wildman–Crippen LogP) is -0.327. The molecule has 0 aliphatic carbocycles. The van der Waals surface area contributed by atoms with Crippen LogP contribution in [0.25, 0.3) is 0 Å². The maximum atomic E-state index is 10.5. The van der Waals surface area contributed by atoms with Gasteiger partial charge in [-0.25, -0.2) is 4.98 Å². The Morgan fingerprint density at radius 2 is 2.36 bits per heavy atom. The largest absolute Gasteiger partial charge is 0.390 e. The lowest BCUT2D eigenvalue weighted by Crippen LogP contribution is -2.13. The van der Waals surface area contributed by atoms with Crippen LogP contribution in [0, 0.1) is 0 Å². The standard InChI is InChI=1S/C7H8N2O2/c8-7(11)6-3-1-2-5(4-10)9-6/h1-3,10H,4H2,(H2,8,11). The third-order valence-electron chi connectivity index (χ3n) is 1.22. The Labute approximate surface area is 63.7 Å². The maximum absolute atomic E-state index is 10.5.